The van der Waals surface area contributed by atoms with Crippen LogP contribution in [0.5, 0.6) is 0 Å². The molecule has 1 saturated carbocycles. The van der Waals surface area contributed by atoms with Gasteiger partial charge in [-0.2, -0.15) is 11.8 Å². The molecule has 0 spiro atoms. The van der Waals surface area contributed by atoms with Gasteiger partial charge in [-0.25, -0.2) is 4.39 Å². The molecule has 0 aromatic heterocycles. The Labute approximate surface area is 123 Å². The van der Waals surface area contributed by atoms with Crippen molar-refractivity contribution >= 4 is 17.7 Å². The lowest BCUT2D eigenvalue weighted by atomic mass is 10.2. The first-order valence-corrected chi connectivity index (χ1v) is 8.20. The van der Waals surface area contributed by atoms with Gasteiger partial charge in [-0.3, -0.25) is 4.79 Å². The van der Waals surface area contributed by atoms with E-state index < -0.39 is 0 Å². The van der Waals surface area contributed by atoms with Crippen molar-refractivity contribution in [3.8, 4) is 0 Å². The third-order valence-electron chi connectivity index (χ3n) is 3.20. The largest absolute Gasteiger partial charge is 0.354 e. The lowest BCUT2D eigenvalue weighted by Gasteiger charge is -2.06. The van der Waals surface area contributed by atoms with E-state index >= 15 is 0 Å². The Bertz CT molecular complexity index is 438. The van der Waals surface area contributed by atoms with E-state index in [1.165, 1.54) is 18.9 Å². The molecule has 1 aliphatic carbocycles. The van der Waals surface area contributed by atoms with Crippen molar-refractivity contribution in [1.29, 1.82) is 0 Å². The summed E-state index contributed by atoms with van der Waals surface area (Å²) in [5.74, 6) is 2.11. The topological polar surface area (TPSA) is 41.1 Å². The monoisotopic (exact) mass is 296 g/mol. The maximum atomic E-state index is 13.3. The molecular weight excluding hydrogens is 275 g/mol. The van der Waals surface area contributed by atoms with Gasteiger partial charge in [-0.1, -0.05) is 18.2 Å². The molecule has 1 fully saturated rings. The maximum Gasteiger partial charge on any atom is 0.233 e. The summed E-state index contributed by atoms with van der Waals surface area (Å²) in [5, 5.41) is 6.01. The van der Waals surface area contributed by atoms with Crippen molar-refractivity contribution in [1.82, 2.24) is 10.6 Å². The minimum absolute atomic E-state index is 0.0390. The number of nitrogens with one attached hydrogen (secondary N) is 2. The van der Waals surface area contributed by atoms with Crippen LogP contribution in [0.1, 0.15) is 18.4 Å². The second kappa shape index (κ2) is 8.27. The van der Waals surface area contributed by atoms with Gasteiger partial charge in [0.25, 0.3) is 0 Å². The van der Waals surface area contributed by atoms with E-state index in [1.807, 2.05) is 6.07 Å². The fraction of sp³-hybridized carbons (Fsp3) is 0.533. The quantitative estimate of drug-likeness (QED) is 0.686. The van der Waals surface area contributed by atoms with Gasteiger partial charge in [-0.15, -0.1) is 0 Å². The molecule has 5 heteroatoms. The number of halogens is 1. The SMILES string of the molecule is O=C(CNCC1CC1)NCCSCc1ccccc1F. The summed E-state index contributed by atoms with van der Waals surface area (Å²) in [7, 11) is 0. The highest BCUT2D eigenvalue weighted by Gasteiger charge is 2.20. The van der Waals surface area contributed by atoms with E-state index in [9.17, 15) is 9.18 Å². The van der Waals surface area contributed by atoms with Gasteiger partial charge in [-0.05, 0) is 36.9 Å². The summed E-state index contributed by atoms with van der Waals surface area (Å²) in [6.07, 6.45) is 2.59. The lowest BCUT2D eigenvalue weighted by molar-refractivity contribution is -0.120. The van der Waals surface area contributed by atoms with Crippen molar-refractivity contribution in [2.75, 3.05) is 25.4 Å². The molecule has 0 atom stereocenters. The molecule has 1 amide bonds. The highest BCUT2D eigenvalue weighted by molar-refractivity contribution is 7.98. The normalized spacial score (nSPS) is 14.2. The van der Waals surface area contributed by atoms with Crippen molar-refractivity contribution < 1.29 is 9.18 Å². The average molecular weight is 296 g/mol. The van der Waals surface area contributed by atoms with Gasteiger partial charge in [0.15, 0.2) is 0 Å². The fourth-order valence-electron chi connectivity index (χ4n) is 1.83. The Morgan fingerprint density at radius 3 is 2.90 bits per heavy atom. The lowest BCUT2D eigenvalue weighted by Crippen LogP contribution is -2.35. The average Bonchev–Trinajstić information content (AvgIpc) is 3.24. The Hall–Kier alpha value is -1.07. The highest BCUT2D eigenvalue weighted by atomic mass is 32.2. The zero-order valence-electron chi connectivity index (χ0n) is 11.5. The zero-order chi connectivity index (χ0) is 14.2. The van der Waals surface area contributed by atoms with E-state index in [0.717, 1.165) is 23.8 Å². The summed E-state index contributed by atoms with van der Waals surface area (Å²) in [6.45, 7) is 1.98. The predicted octanol–water partition coefficient (Wildman–Crippen LogP) is 2.17. The molecule has 0 heterocycles. The van der Waals surface area contributed by atoms with Crippen molar-refractivity contribution in [3.05, 3.63) is 35.6 Å². The number of benzene rings is 1. The molecule has 1 aromatic carbocycles. The summed E-state index contributed by atoms with van der Waals surface area (Å²) >= 11 is 1.63. The fourth-order valence-corrected chi connectivity index (χ4v) is 2.68. The van der Waals surface area contributed by atoms with E-state index in [0.29, 0.717) is 18.8 Å². The predicted molar refractivity (Wildman–Crippen MR) is 81.2 cm³/mol. The van der Waals surface area contributed by atoms with Crippen molar-refractivity contribution in [3.63, 3.8) is 0 Å². The molecule has 0 saturated heterocycles. The second-order valence-corrected chi connectivity index (χ2v) is 6.17. The number of amides is 1. The zero-order valence-corrected chi connectivity index (χ0v) is 12.3. The molecule has 2 rings (SSSR count). The van der Waals surface area contributed by atoms with Gasteiger partial charge in [0.05, 0.1) is 6.54 Å². The maximum absolute atomic E-state index is 13.3. The van der Waals surface area contributed by atoms with E-state index in [2.05, 4.69) is 10.6 Å². The summed E-state index contributed by atoms with van der Waals surface area (Å²) in [5.41, 5.74) is 0.718. The van der Waals surface area contributed by atoms with Gasteiger partial charge in [0.2, 0.25) is 5.91 Å². The molecule has 3 nitrogen and oxygen atoms in total. The van der Waals surface area contributed by atoms with Crippen LogP contribution in [-0.4, -0.2) is 31.3 Å². The molecule has 0 unspecified atom stereocenters. The van der Waals surface area contributed by atoms with Gasteiger partial charge in [0, 0.05) is 18.1 Å². The van der Waals surface area contributed by atoms with E-state index in [1.54, 1.807) is 23.9 Å². The van der Waals surface area contributed by atoms with Crippen LogP contribution in [0, 0.1) is 11.7 Å². The first kappa shape index (κ1) is 15.3. The molecule has 20 heavy (non-hydrogen) atoms. The van der Waals surface area contributed by atoms with Crippen LogP contribution in [0.4, 0.5) is 4.39 Å². The summed E-state index contributed by atoms with van der Waals surface area (Å²) < 4.78 is 13.3. The number of rotatable bonds is 9. The van der Waals surface area contributed by atoms with Crippen molar-refractivity contribution in [2.45, 2.75) is 18.6 Å². The molecule has 1 aliphatic rings. The summed E-state index contributed by atoms with van der Waals surface area (Å²) in [6, 6.07) is 6.80. The van der Waals surface area contributed by atoms with Crippen LogP contribution in [0.25, 0.3) is 0 Å². The number of hydrogen-bond acceptors (Lipinski definition) is 3. The first-order valence-electron chi connectivity index (χ1n) is 7.04. The van der Waals surface area contributed by atoms with Gasteiger partial charge >= 0.3 is 0 Å². The van der Waals surface area contributed by atoms with E-state index in [4.69, 9.17) is 0 Å². The second-order valence-electron chi connectivity index (χ2n) is 5.07. The Morgan fingerprint density at radius 2 is 2.15 bits per heavy atom. The molecule has 110 valence electrons. The Kier molecular flexibility index (Phi) is 6.33. The molecule has 2 N–H and O–H groups in total. The third-order valence-corrected chi connectivity index (χ3v) is 4.21. The van der Waals surface area contributed by atoms with Gasteiger partial charge in [0.1, 0.15) is 5.82 Å². The standard InChI is InChI=1S/C15H21FN2OS/c16-14-4-2-1-3-13(14)11-20-8-7-18-15(19)10-17-9-12-5-6-12/h1-4,12,17H,5-11H2,(H,18,19). The van der Waals surface area contributed by atoms with Gasteiger partial charge < -0.3 is 10.6 Å². The summed E-state index contributed by atoms with van der Waals surface area (Å²) in [4.78, 5) is 11.5. The molecule has 0 aliphatic heterocycles. The Balaban J connectivity index is 1.48. The number of carbonyl (C=O) groups excluding carboxylic acids is 1. The number of thioether (sulfide) groups is 1. The van der Waals surface area contributed by atoms with Crippen LogP contribution < -0.4 is 10.6 Å². The molecule has 0 bridgehead atoms. The van der Waals surface area contributed by atoms with Crippen LogP contribution in [-0.2, 0) is 10.5 Å². The number of carbonyl (C=O) groups is 1. The minimum atomic E-state index is -0.159. The van der Waals surface area contributed by atoms with Crippen LogP contribution in [0.3, 0.4) is 0 Å². The van der Waals surface area contributed by atoms with Crippen LogP contribution in [0.15, 0.2) is 24.3 Å². The highest BCUT2D eigenvalue weighted by Crippen LogP contribution is 2.27. The third kappa shape index (κ3) is 5.92. The Morgan fingerprint density at radius 1 is 1.35 bits per heavy atom. The molecule has 0 radical (unpaired) electrons. The first-order chi connectivity index (χ1) is 9.75. The van der Waals surface area contributed by atoms with Crippen LogP contribution in [0.2, 0.25) is 0 Å². The smallest absolute Gasteiger partial charge is 0.233 e. The van der Waals surface area contributed by atoms with E-state index in [-0.39, 0.29) is 11.7 Å². The molecule has 1 aromatic rings. The van der Waals surface area contributed by atoms with Crippen molar-refractivity contribution in [2.24, 2.45) is 5.92 Å². The number of hydrogen-bond donors (Lipinski definition) is 2. The van der Waals surface area contributed by atoms with Crippen LogP contribution >= 0.6 is 11.8 Å². The molecular formula is C15H21FN2OS. The minimum Gasteiger partial charge on any atom is -0.354 e.